The Balaban J connectivity index is 1.34. The third-order valence-corrected chi connectivity index (χ3v) is 6.26. The smallest absolute Gasteiger partial charge is 0.228 e. The van der Waals surface area contributed by atoms with Crippen molar-refractivity contribution in [3.8, 4) is 11.4 Å². The highest BCUT2D eigenvalue weighted by Crippen LogP contribution is 2.25. The van der Waals surface area contributed by atoms with Crippen LogP contribution in [0.3, 0.4) is 0 Å². The summed E-state index contributed by atoms with van der Waals surface area (Å²) in [7, 11) is 0. The monoisotopic (exact) mass is 460 g/mol. The number of nitrogens with zero attached hydrogens (tertiary/aromatic N) is 6. The number of aromatic nitrogens is 5. The van der Waals surface area contributed by atoms with Gasteiger partial charge in [0.05, 0.1) is 13.2 Å². The van der Waals surface area contributed by atoms with Gasteiger partial charge in [-0.15, -0.1) is 10.2 Å². The molecule has 2 aromatic heterocycles. The molecule has 0 bridgehead atoms. The highest BCUT2D eigenvalue weighted by molar-refractivity contribution is 7.99. The molecule has 0 amide bonds. The number of anilines is 1. The Bertz CT molecular complexity index is 1030. The zero-order valence-electron chi connectivity index (χ0n) is 18.8. The topological polar surface area (TPSA) is 82.1 Å². The van der Waals surface area contributed by atoms with E-state index < -0.39 is 0 Å². The van der Waals surface area contributed by atoms with Crippen LogP contribution in [0.2, 0.25) is 0 Å². The van der Waals surface area contributed by atoms with Crippen molar-refractivity contribution in [3.05, 3.63) is 35.5 Å². The lowest BCUT2D eigenvalue weighted by atomic mass is 10.1. The van der Waals surface area contributed by atoms with E-state index in [1.54, 1.807) is 30.8 Å². The second-order valence-electron chi connectivity index (χ2n) is 8.31. The van der Waals surface area contributed by atoms with Crippen LogP contribution in [0.25, 0.3) is 11.4 Å². The van der Waals surface area contributed by atoms with Crippen LogP contribution < -0.4 is 4.90 Å². The summed E-state index contributed by atoms with van der Waals surface area (Å²) in [4.78, 5) is 6.66. The van der Waals surface area contributed by atoms with Gasteiger partial charge < -0.3 is 14.2 Å². The normalized spacial score (nSPS) is 14.5. The van der Waals surface area contributed by atoms with E-state index in [1.165, 1.54) is 6.07 Å². The predicted molar refractivity (Wildman–Crippen MR) is 121 cm³/mol. The summed E-state index contributed by atoms with van der Waals surface area (Å²) >= 11 is 1.69. The van der Waals surface area contributed by atoms with E-state index in [1.807, 2.05) is 0 Å². The second-order valence-corrected chi connectivity index (χ2v) is 9.38. The molecular formula is C22H29FN6O2S. The lowest BCUT2D eigenvalue weighted by Crippen LogP contribution is -2.38. The Morgan fingerprint density at radius 3 is 2.75 bits per heavy atom. The first-order valence-electron chi connectivity index (χ1n) is 11.0. The Morgan fingerprint density at radius 2 is 2.00 bits per heavy atom. The molecule has 4 rings (SSSR count). The van der Waals surface area contributed by atoms with E-state index in [4.69, 9.17) is 9.26 Å². The van der Waals surface area contributed by atoms with E-state index in [2.05, 4.69) is 43.7 Å². The molecule has 3 heterocycles. The first-order chi connectivity index (χ1) is 15.5. The molecule has 8 nitrogen and oxygen atoms in total. The third-order valence-electron chi connectivity index (χ3n) is 5.20. The van der Waals surface area contributed by atoms with Gasteiger partial charge in [0.1, 0.15) is 5.82 Å². The minimum atomic E-state index is -0.271. The van der Waals surface area contributed by atoms with Gasteiger partial charge >= 0.3 is 0 Å². The molecule has 1 aliphatic heterocycles. The molecule has 0 saturated carbocycles. The van der Waals surface area contributed by atoms with E-state index >= 15 is 0 Å². The first-order valence-corrected chi connectivity index (χ1v) is 12.0. The molecule has 3 aromatic rings. The van der Waals surface area contributed by atoms with Crippen molar-refractivity contribution in [2.75, 3.05) is 37.0 Å². The molecule has 1 aromatic carbocycles. The van der Waals surface area contributed by atoms with E-state index in [9.17, 15) is 4.39 Å². The molecule has 0 unspecified atom stereocenters. The molecule has 10 heteroatoms. The van der Waals surface area contributed by atoms with E-state index in [-0.39, 0.29) is 5.82 Å². The van der Waals surface area contributed by atoms with Gasteiger partial charge in [-0.2, -0.15) is 4.98 Å². The summed E-state index contributed by atoms with van der Waals surface area (Å²) in [5, 5.41) is 13.9. The minimum Gasteiger partial charge on any atom is -0.378 e. The van der Waals surface area contributed by atoms with Crippen LogP contribution in [0.15, 0.2) is 27.9 Å². The molecule has 32 heavy (non-hydrogen) atoms. The maximum atomic E-state index is 13.8. The Morgan fingerprint density at radius 1 is 1.19 bits per heavy atom. The maximum absolute atomic E-state index is 13.8. The molecule has 0 atom stereocenters. The number of ether oxygens (including phenoxy) is 1. The number of thioether (sulfide) groups is 1. The van der Waals surface area contributed by atoms with Crippen molar-refractivity contribution in [3.63, 3.8) is 0 Å². The summed E-state index contributed by atoms with van der Waals surface area (Å²) < 4.78 is 26.8. The number of hydrogen-bond acceptors (Lipinski definition) is 8. The maximum Gasteiger partial charge on any atom is 0.228 e. The van der Waals surface area contributed by atoms with Crippen LogP contribution in [0, 0.1) is 18.7 Å². The molecular weight excluding hydrogens is 431 g/mol. The summed E-state index contributed by atoms with van der Waals surface area (Å²) in [5.74, 6) is 2.98. The molecule has 0 aliphatic carbocycles. The van der Waals surface area contributed by atoms with Gasteiger partial charge in [-0.05, 0) is 30.9 Å². The van der Waals surface area contributed by atoms with Crippen LogP contribution in [-0.2, 0) is 17.7 Å². The molecule has 1 saturated heterocycles. The summed E-state index contributed by atoms with van der Waals surface area (Å²) in [6.07, 6.45) is 1.51. The average Bonchev–Trinajstić information content (AvgIpc) is 3.41. The van der Waals surface area contributed by atoms with Crippen molar-refractivity contribution >= 4 is 17.7 Å². The lowest BCUT2D eigenvalue weighted by Gasteiger charge is -2.28. The molecule has 172 valence electrons. The van der Waals surface area contributed by atoms with E-state index in [0.29, 0.717) is 35.2 Å². The highest BCUT2D eigenvalue weighted by atomic mass is 32.2. The van der Waals surface area contributed by atoms with Gasteiger partial charge in [0.25, 0.3) is 0 Å². The Kier molecular flexibility index (Phi) is 7.41. The van der Waals surface area contributed by atoms with Crippen molar-refractivity contribution in [2.45, 2.75) is 45.3 Å². The van der Waals surface area contributed by atoms with Gasteiger partial charge in [0.15, 0.2) is 5.16 Å². The van der Waals surface area contributed by atoms with Gasteiger partial charge in [-0.25, -0.2) is 4.39 Å². The number of benzene rings is 1. The minimum absolute atomic E-state index is 0.271. The number of rotatable bonds is 9. The fourth-order valence-electron chi connectivity index (χ4n) is 3.50. The van der Waals surface area contributed by atoms with Crippen molar-refractivity contribution in [1.29, 1.82) is 0 Å². The largest absolute Gasteiger partial charge is 0.378 e. The predicted octanol–water partition coefficient (Wildman–Crippen LogP) is 3.99. The van der Waals surface area contributed by atoms with Crippen molar-refractivity contribution < 1.29 is 13.7 Å². The van der Waals surface area contributed by atoms with Crippen LogP contribution in [0.5, 0.6) is 0 Å². The first kappa shape index (κ1) is 22.7. The zero-order chi connectivity index (χ0) is 22.5. The van der Waals surface area contributed by atoms with Crippen molar-refractivity contribution in [1.82, 2.24) is 24.9 Å². The van der Waals surface area contributed by atoms with E-state index in [0.717, 1.165) is 56.1 Å². The SMILES string of the molecule is Cc1ccc(-c2noc(CCCSc3nnc(N4CCOCC4)n3CC(C)C)n2)cc1F. The fourth-order valence-corrected chi connectivity index (χ4v) is 4.38. The van der Waals surface area contributed by atoms with Gasteiger partial charge in [0, 0.05) is 37.4 Å². The zero-order valence-corrected chi connectivity index (χ0v) is 19.6. The van der Waals surface area contributed by atoms with Gasteiger partial charge in [0.2, 0.25) is 17.7 Å². The standard InChI is InChI=1S/C22H29FN6O2S/c1-15(2)14-29-21(28-8-10-30-11-9-28)25-26-22(29)32-12-4-5-19-24-20(27-31-19)17-7-6-16(3)18(23)13-17/h6-7,13,15H,4-5,8-12,14H2,1-3H3. The van der Waals surface area contributed by atoms with Crippen LogP contribution >= 0.6 is 11.8 Å². The summed E-state index contributed by atoms with van der Waals surface area (Å²) in [5.41, 5.74) is 1.21. The summed E-state index contributed by atoms with van der Waals surface area (Å²) in [6.45, 7) is 10.1. The quantitative estimate of drug-likeness (QED) is 0.350. The van der Waals surface area contributed by atoms with Crippen LogP contribution in [-0.4, -0.2) is 57.0 Å². The molecule has 0 spiro atoms. The van der Waals surface area contributed by atoms with Gasteiger partial charge in [-0.1, -0.05) is 42.9 Å². The van der Waals surface area contributed by atoms with Crippen molar-refractivity contribution in [2.24, 2.45) is 5.92 Å². The number of aryl methyl sites for hydroxylation is 2. The molecule has 0 radical (unpaired) electrons. The third kappa shape index (κ3) is 5.47. The second kappa shape index (κ2) is 10.4. The average molecular weight is 461 g/mol. The molecule has 1 fully saturated rings. The Labute approximate surface area is 191 Å². The molecule has 1 aliphatic rings. The van der Waals surface area contributed by atoms with Crippen LogP contribution in [0.4, 0.5) is 10.3 Å². The number of halogens is 1. The van der Waals surface area contributed by atoms with Gasteiger partial charge in [-0.3, -0.25) is 4.57 Å². The fraction of sp³-hybridized carbons (Fsp3) is 0.545. The lowest BCUT2D eigenvalue weighted by molar-refractivity contribution is 0.121. The summed E-state index contributed by atoms with van der Waals surface area (Å²) in [6, 6.07) is 4.96. The number of hydrogen-bond donors (Lipinski definition) is 0. The molecule has 0 N–H and O–H groups in total. The Hall–Kier alpha value is -2.46. The number of morpholine rings is 1. The highest BCUT2D eigenvalue weighted by Gasteiger charge is 2.21. The van der Waals surface area contributed by atoms with Crippen LogP contribution in [0.1, 0.15) is 31.7 Å².